The van der Waals surface area contributed by atoms with Crippen LogP contribution in [-0.2, 0) is 0 Å². The first-order valence-corrected chi connectivity index (χ1v) is 3.91. The summed E-state index contributed by atoms with van der Waals surface area (Å²) in [5, 5.41) is 0. The molecule has 0 amide bonds. The Morgan fingerprint density at radius 2 is 2.22 bits per heavy atom. The van der Waals surface area contributed by atoms with Crippen molar-refractivity contribution in [3.63, 3.8) is 0 Å². The molecule has 0 atom stereocenters. The number of hydrogen-bond acceptors (Lipinski definition) is 1. The van der Waals surface area contributed by atoms with E-state index in [9.17, 15) is 0 Å². The first-order valence-electron chi connectivity index (χ1n) is 2.67. The number of halogens is 1. The molecule has 2 heteroatoms. The van der Waals surface area contributed by atoms with Gasteiger partial charge in [-0.3, -0.25) is 4.99 Å². The predicted molar refractivity (Wildman–Crippen MR) is 51.3 cm³/mol. The van der Waals surface area contributed by atoms with Gasteiger partial charge in [-0.2, -0.15) is 0 Å². The molecule has 0 aromatic rings. The minimum absolute atomic E-state index is 1.22. The second-order valence-electron chi connectivity index (χ2n) is 1.61. The Morgan fingerprint density at radius 1 is 1.56 bits per heavy atom. The van der Waals surface area contributed by atoms with Crippen LogP contribution in [0.25, 0.3) is 0 Å². The summed E-state index contributed by atoms with van der Waals surface area (Å²) in [6, 6.07) is 0. The maximum absolute atomic E-state index is 3.82. The summed E-state index contributed by atoms with van der Waals surface area (Å²) in [6.45, 7) is 2.04. The lowest BCUT2D eigenvalue weighted by molar-refractivity contribution is 1.46. The highest BCUT2D eigenvalue weighted by atomic mass is 127. The molecule has 0 saturated carbocycles. The van der Waals surface area contributed by atoms with Crippen molar-refractivity contribution in [1.29, 1.82) is 0 Å². The summed E-state index contributed by atoms with van der Waals surface area (Å²) in [5.74, 6) is 0. The molecule has 0 fully saturated rings. The molecule has 0 saturated heterocycles. The van der Waals surface area contributed by atoms with E-state index in [1.165, 1.54) is 5.57 Å². The zero-order valence-corrected chi connectivity index (χ0v) is 7.79. The third-order valence-corrected chi connectivity index (χ3v) is 1.17. The van der Waals surface area contributed by atoms with Crippen molar-refractivity contribution in [2.24, 2.45) is 4.99 Å². The predicted octanol–water partition coefficient (Wildman–Crippen LogP) is 2.58. The van der Waals surface area contributed by atoms with Gasteiger partial charge in [0, 0.05) is 13.3 Å². The topological polar surface area (TPSA) is 12.4 Å². The summed E-state index contributed by atoms with van der Waals surface area (Å²) in [6.07, 6.45) is 5.78. The van der Waals surface area contributed by atoms with Crippen LogP contribution in [0.2, 0.25) is 0 Å². The van der Waals surface area contributed by atoms with E-state index < -0.39 is 0 Å². The van der Waals surface area contributed by atoms with E-state index in [0.29, 0.717) is 0 Å². The van der Waals surface area contributed by atoms with Gasteiger partial charge >= 0.3 is 0 Å². The Labute approximate surface area is 69.7 Å². The quantitative estimate of drug-likeness (QED) is 0.396. The highest BCUT2D eigenvalue weighted by molar-refractivity contribution is 14.1. The maximum Gasteiger partial charge on any atom is 0.0277 e. The standard InChI is InChI=1S/C7H10IN/c1-7(3-5-8)4-6-9-2/h3-6H,1-2H3/b5-3-,7-4-,9-6?. The number of rotatable bonds is 2. The molecule has 0 aliphatic rings. The average molecular weight is 235 g/mol. The number of allylic oxidation sites excluding steroid dienone is 3. The lowest BCUT2D eigenvalue weighted by Crippen LogP contribution is -1.68. The zero-order chi connectivity index (χ0) is 7.11. The summed E-state index contributed by atoms with van der Waals surface area (Å²) in [4.78, 5) is 3.82. The van der Waals surface area contributed by atoms with Crippen molar-refractivity contribution >= 4 is 28.8 Å². The van der Waals surface area contributed by atoms with Gasteiger partial charge in [0.05, 0.1) is 0 Å². The highest BCUT2D eigenvalue weighted by Gasteiger charge is 1.73. The van der Waals surface area contributed by atoms with Gasteiger partial charge in [0.1, 0.15) is 0 Å². The second kappa shape index (κ2) is 6.01. The molecule has 0 aromatic carbocycles. The van der Waals surface area contributed by atoms with Crippen molar-refractivity contribution < 1.29 is 0 Å². The van der Waals surface area contributed by atoms with Crippen LogP contribution in [-0.4, -0.2) is 13.3 Å². The first kappa shape index (κ1) is 8.88. The van der Waals surface area contributed by atoms with E-state index in [0.717, 1.165) is 0 Å². The minimum Gasteiger partial charge on any atom is -0.297 e. The molecule has 0 N–H and O–H groups in total. The summed E-state index contributed by atoms with van der Waals surface area (Å²) >= 11 is 2.19. The molecule has 0 heterocycles. The Morgan fingerprint density at radius 3 is 2.67 bits per heavy atom. The van der Waals surface area contributed by atoms with Crippen LogP contribution in [0.4, 0.5) is 0 Å². The molecule has 0 spiro atoms. The van der Waals surface area contributed by atoms with Crippen LogP contribution >= 0.6 is 22.6 Å². The van der Waals surface area contributed by atoms with Gasteiger partial charge in [0.25, 0.3) is 0 Å². The molecule has 1 nitrogen and oxygen atoms in total. The molecule has 0 unspecified atom stereocenters. The van der Waals surface area contributed by atoms with Crippen LogP contribution in [0.15, 0.2) is 26.8 Å². The van der Waals surface area contributed by atoms with Crippen LogP contribution in [0.5, 0.6) is 0 Å². The third-order valence-electron chi connectivity index (χ3n) is 0.812. The van der Waals surface area contributed by atoms with Gasteiger partial charge in [-0.15, -0.1) is 0 Å². The summed E-state index contributed by atoms with van der Waals surface area (Å²) in [5.41, 5.74) is 1.22. The number of nitrogens with zero attached hydrogens (tertiary/aromatic N) is 1. The molecule has 0 radical (unpaired) electrons. The van der Waals surface area contributed by atoms with E-state index in [2.05, 4.69) is 27.6 Å². The smallest absolute Gasteiger partial charge is 0.0277 e. The average Bonchev–Trinajstić information content (AvgIpc) is 1.85. The van der Waals surface area contributed by atoms with Gasteiger partial charge in [-0.1, -0.05) is 28.7 Å². The van der Waals surface area contributed by atoms with Crippen LogP contribution in [0, 0.1) is 0 Å². The molecule has 0 rings (SSSR count). The highest BCUT2D eigenvalue weighted by Crippen LogP contribution is 1.95. The Bertz CT molecular complexity index is 145. The van der Waals surface area contributed by atoms with Crippen molar-refractivity contribution in [2.45, 2.75) is 6.92 Å². The van der Waals surface area contributed by atoms with Gasteiger partial charge in [0.2, 0.25) is 0 Å². The Balaban J connectivity index is 3.84. The van der Waals surface area contributed by atoms with E-state index in [1.54, 1.807) is 13.3 Å². The molecular formula is C7H10IN. The lowest BCUT2D eigenvalue weighted by atomic mass is 10.3. The molecule has 0 bridgehead atoms. The third kappa shape index (κ3) is 5.76. The minimum atomic E-state index is 1.22. The van der Waals surface area contributed by atoms with Crippen LogP contribution in [0.1, 0.15) is 6.92 Å². The Hall–Kier alpha value is -0.120. The van der Waals surface area contributed by atoms with Crippen molar-refractivity contribution in [2.75, 3.05) is 7.05 Å². The van der Waals surface area contributed by atoms with Gasteiger partial charge < -0.3 is 0 Å². The fraction of sp³-hybridized carbons (Fsp3) is 0.286. The summed E-state index contributed by atoms with van der Waals surface area (Å²) < 4.78 is 1.98. The van der Waals surface area contributed by atoms with Crippen LogP contribution in [0.3, 0.4) is 0 Å². The number of hydrogen-bond donors (Lipinski definition) is 0. The molecular weight excluding hydrogens is 225 g/mol. The van der Waals surface area contributed by atoms with Gasteiger partial charge in [0.15, 0.2) is 0 Å². The molecule has 50 valence electrons. The van der Waals surface area contributed by atoms with E-state index in [-0.39, 0.29) is 0 Å². The molecule has 0 aromatic heterocycles. The monoisotopic (exact) mass is 235 g/mol. The first-order chi connectivity index (χ1) is 4.31. The molecule has 9 heavy (non-hydrogen) atoms. The van der Waals surface area contributed by atoms with Crippen molar-refractivity contribution in [3.05, 3.63) is 21.8 Å². The van der Waals surface area contributed by atoms with E-state index >= 15 is 0 Å². The van der Waals surface area contributed by atoms with E-state index in [4.69, 9.17) is 0 Å². The largest absolute Gasteiger partial charge is 0.297 e. The fourth-order valence-electron chi connectivity index (χ4n) is 0.347. The maximum atomic E-state index is 3.82. The molecule has 0 aliphatic carbocycles. The Kier molecular flexibility index (Phi) is 5.93. The van der Waals surface area contributed by atoms with E-state index in [1.807, 2.05) is 23.2 Å². The lowest BCUT2D eigenvalue weighted by Gasteiger charge is -1.82. The number of aliphatic imine (C=N–C) groups is 1. The second-order valence-corrected chi connectivity index (χ2v) is 2.33. The zero-order valence-electron chi connectivity index (χ0n) is 5.63. The van der Waals surface area contributed by atoms with Crippen molar-refractivity contribution in [1.82, 2.24) is 0 Å². The van der Waals surface area contributed by atoms with Crippen LogP contribution < -0.4 is 0 Å². The fourth-order valence-corrected chi connectivity index (χ4v) is 0.914. The molecule has 0 aliphatic heterocycles. The van der Waals surface area contributed by atoms with Gasteiger partial charge in [-0.05, 0) is 22.7 Å². The SMILES string of the molecule is CN=C/C=C(C)\C=C/I. The van der Waals surface area contributed by atoms with Gasteiger partial charge in [-0.25, -0.2) is 0 Å². The summed E-state index contributed by atoms with van der Waals surface area (Å²) in [7, 11) is 1.76. The normalized spacial score (nSPS) is 13.9. The van der Waals surface area contributed by atoms with Crippen molar-refractivity contribution in [3.8, 4) is 0 Å².